The van der Waals surface area contributed by atoms with Crippen LogP contribution in [0.3, 0.4) is 0 Å². The van der Waals surface area contributed by atoms with E-state index in [1.807, 2.05) is 0 Å². The highest BCUT2D eigenvalue weighted by molar-refractivity contribution is 9.10. The maximum absolute atomic E-state index is 12.4. The Labute approximate surface area is 175 Å². The van der Waals surface area contributed by atoms with E-state index in [4.69, 9.17) is 17.0 Å². The molecular weight excluding hydrogens is 446 g/mol. The van der Waals surface area contributed by atoms with E-state index in [0.29, 0.717) is 32.3 Å². The van der Waals surface area contributed by atoms with Crippen molar-refractivity contribution >= 4 is 55.5 Å². The molecular formula is C19H18BrN3O2S2. The second-order valence-electron chi connectivity index (χ2n) is 6.43. The van der Waals surface area contributed by atoms with Gasteiger partial charge in [0, 0.05) is 10.4 Å². The van der Waals surface area contributed by atoms with E-state index in [1.165, 1.54) is 4.88 Å². The lowest BCUT2D eigenvalue weighted by Gasteiger charge is -2.17. The van der Waals surface area contributed by atoms with Crippen molar-refractivity contribution in [3.05, 3.63) is 44.2 Å². The summed E-state index contributed by atoms with van der Waals surface area (Å²) in [6, 6.07) is 7.32. The topological polar surface area (TPSA) is 74.2 Å². The van der Waals surface area contributed by atoms with Crippen molar-refractivity contribution in [1.82, 2.24) is 5.32 Å². The summed E-state index contributed by atoms with van der Waals surface area (Å²) < 4.78 is 5.85. The Balaban J connectivity index is 1.72. The Morgan fingerprint density at radius 2 is 2.26 bits per heavy atom. The van der Waals surface area contributed by atoms with Gasteiger partial charge in [-0.1, -0.05) is 6.92 Å². The molecule has 0 bridgehead atoms. The van der Waals surface area contributed by atoms with Crippen molar-refractivity contribution < 1.29 is 9.53 Å². The minimum atomic E-state index is -0.329. The molecule has 0 aliphatic heterocycles. The number of halogens is 1. The van der Waals surface area contributed by atoms with Crippen LogP contribution in [0.15, 0.2) is 22.7 Å². The third kappa shape index (κ3) is 4.32. The fourth-order valence-corrected chi connectivity index (χ4v) is 5.24. The fourth-order valence-electron chi connectivity index (χ4n) is 3.07. The first-order valence-electron chi connectivity index (χ1n) is 8.43. The van der Waals surface area contributed by atoms with E-state index < -0.39 is 0 Å². The molecule has 1 heterocycles. The van der Waals surface area contributed by atoms with E-state index in [-0.39, 0.29) is 11.0 Å². The molecule has 0 spiro atoms. The Hall–Kier alpha value is -1.95. The molecule has 0 fully saturated rings. The number of ether oxygens (including phenoxy) is 1. The van der Waals surface area contributed by atoms with Crippen LogP contribution >= 0.6 is 39.5 Å². The molecule has 1 amide bonds. The number of thiocarbonyl (C=S) groups is 1. The van der Waals surface area contributed by atoms with Crippen LogP contribution in [0.25, 0.3) is 0 Å². The molecule has 140 valence electrons. The summed E-state index contributed by atoms with van der Waals surface area (Å²) in [6.45, 7) is 2.22. The van der Waals surface area contributed by atoms with E-state index in [1.54, 1.807) is 36.6 Å². The standard InChI is InChI=1S/C19H18BrN3O2S2/c1-10-3-5-12-13(9-21)18(27-16(12)7-10)23-19(26)22-17(24)11-4-6-15(25-2)14(20)8-11/h4,6,8,10H,3,5,7H2,1-2H3,(H2,22,23,24,26)/t10-/m0/s1. The van der Waals surface area contributed by atoms with E-state index >= 15 is 0 Å². The predicted molar refractivity (Wildman–Crippen MR) is 115 cm³/mol. The van der Waals surface area contributed by atoms with Crippen molar-refractivity contribution in [2.24, 2.45) is 5.92 Å². The number of hydrogen-bond donors (Lipinski definition) is 2. The Kier molecular flexibility index (Phi) is 6.15. The highest BCUT2D eigenvalue weighted by Gasteiger charge is 2.24. The molecule has 3 rings (SSSR count). The Morgan fingerprint density at radius 3 is 2.93 bits per heavy atom. The first-order valence-corrected chi connectivity index (χ1v) is 10.4. The molecule has 0 unspecified atom stereocenters. The molecule has 5 nitrogen and oxygen atoms in total. The number of nitrogens with zero attached hydrogens (tertiary/aromatic N) is 1. The van der Waals surface area contributed by atoms with Gasteiger partial charge >= 0.3 is 0 Å². The number of carbonyl (C=O) groups excluding carboxylic acids is 1. The number of nitriles is 1. The molecule has 0 radical (unpaired) electrons. The first-order chi connectivity index (χ1) is 12.9. The van der Waals surface area contributed by atoms with Crippen LogP contribution < -0.4 is 15.4 Å². The van der Waals surface area contributed by atoms with Crippen molar-refractivity contribution in [1.29, 1.82) is 5.26 Å². The summed E-state index contributed by atoms with van der Waals surface area (Å²) in [7, 11) is 1.56. The second kappa shape index (κ2) is 8.38. The number of anilines is 1. The van der Waals surface area contributed by atoms with Gasteiger partial charge < -0.3 is 10.1 Å². The van der Waals surface area contributed by atoms with Gasteiger partial charge in [-0.25, -0.2) is 0 Å². The summed E-state index contributed by atoms with van der Waals surface area (Å²) in [6.07, 6.45) is 2.98. The third-order valence-electron chi connectivity index (χ3n) is 4.49. The van der Waals surface area contributed by atoms with Crippen molar-refractivity contribution in [3.8, 4) is 11.8 Å². The van der Waals surface area contributed by atoms with Crippen LogP contribution in [0.5, 0.6) is 5.75 Å². The summed E-state index contributed by atoms with van der Waals surface area (Å²) in [4.78, 5) is 13.7. The summed E-state index contributed by atoms with van der Waals surface area (Å²) >= 11 is 10.2. The van der Waals surface area contributed by atoms with E-state index in [2.05, 4.69) is 39.6 Å². The number of thiophene rings is 1. The molecule has 1 aromatic carbocycles. The maximum Gasteiger partial charge on any atom is 0.257 e. The van der Waals surface area contributed by atoms with E-state index in [0.717, 1.165) is 24.8 Å². The number of benzene rings is 1. The average Bonchev–Trinajstić information content (AvgIpc) is 2.97. The van der Waals surface area contributed by atoms with Gasteiger partial charge in [0.05, 0.1) is 17.1 Å². The molecule has 2 aromatic rings. The number of hydrogen-bond acceptors (Lipinski definition) is 5. The minimum absolute atomic E-state index is 0.176. The molecule has 0 saturated carbocycles. The van der Waals surface area contributed by atoms with Crippen molar-refractivity contribution in [2.75, 3.05) is 12.4 Å². The van der Waals surface area contributed by atoms with Crippen LogP contribution in [-0.4, -0.2) is 18.1 Å². The highest BCUT2D eigenvalue weighted by Crippen LogP contribution is 2.39. The normalized spacial score (nSPS) is 15.4. The van der Waals surface area contributed by atoms with Gasteiger partial charge in [0.2, 0.25) is 0 Å². The monoisotopic (exact) mass is 463 g/mol. The third-order valence-corrected chi connectivity index (χ3v) is 6.49. The van der Waals surface area contributed by atoms with Gasteiger partial charge in [0.1, 0.15) is 16.8 Å². The lowest BCUT2D eigenvalue weighted by molar-refractivity contribution is 0.0977. The molecule has 2 N–H and O–H groups in total. The zero-order chi connectivity index (χ0) is 19.6. The number of carbonyl (C=O) groups is 1. The maximum atomic E-state index is 12.4. The van der Waals surface area contributed by atoms with Gasteiger partial charge in [0.15, 0.2) is 5.11 Å². The summed E-state index contributed by atoms with van der Waals surface area (Å²) in [5.74, 6) is 0.935. The van der Waals surface area contributed by atoms with Crippen LogP contribution in [0.2, 0.25) is 0 Å². The Morgan fingerprint density at radius 1 is 1.48 bits per heavy atom. The van der Waals surface area contributed by atoms with E-state index in [9.17, 15) is 10.1 Å². The van der Waals surface area contributed by atoms with Crippen LogP contribution in [0.1, 0.15) is 39.7 Å². The molecule has 1 aliphatic carbocycles. The van der Waals surface area contributed by atoms with Gasteiger partial charge in [-0.2, -0.15) is 5.26 Å². The van der Waals surface area contributed by atoms with Gasteiger partial charge in [-0.3, -0.25) is 10.1 Å². The number of methoxy groups -OCH3 is 1. The lowest BCUT2D eigenvalue weighted by atomic mass is 9.89. The predicted octanol–water partition coefficient (Wildman–Crippen LogP) is 4.64. The number of rotatable bonds is 3. The molecule has 27 heavy (non-hydrogen) atoms. The zero-order valence-corrected chi connectivity index (χ0v) is 18.1. The lowest BCUT2D eigenvalue weighted by Crippen LogP contribution is -2.34. The van der Waals surface area contributed by atoms with Gasteiger partial charge in [-0.05, 0) is 77.1 Å². The molecule has 8 heteroatoms. The number of fused-ring (bicyclic) bond motifs is 1. The number of nitrogens with one attached hydrogen (secondary N) is 2. The van der Waals surface area contributed by atoms with Crippen LogP contribution in [-0.2, 0) is 12.8 Å². The SMILES string of the molecule is COc1ccc(C(=O)NC(=S)Nc2sc3c(c2C#N)CC[C@H](C)C3)cc1Br. The summed E-state index contributed by atoms with van der Waals surface area (Å²) in [5.41, 5.74) is 2.22. The minimum Gasteiger partial charge on any atom is -0.496 e. The van der Waals surface area contributed by atoms with Crippen molar-refractivity contribution in [3.63, 3.8) is 0 Å². The Bertz CT molecular complexity index is 949. The molecule has 0 saturated heterocycles. The second-order valence-corrected chi connectivity index (χ2v) is 8.79. The largest absolute Gasteiger partial charge is 0.496 e. The number of amides is 1. The quantitative estimate of drug-likeness (QED) is 0.648. The van der Waals surface area contributed by atoms with Gasteiger partial charge in [-0.15, -0.1) is 11.3 Å². The summed E-state index contributed by atoms with van der Waals surface area (Å²) in [5, 5.41) is 16.1. The molecule has 1 aromatic heterocycles. The zero-order valence-electron chi connectivity index (χ0n) is 14.9. The molecule has 1 atom stereocenters. The van der Waals surface area contributed by atoms with Crippen LogP contribution in [0.4, 0.5) is 5.00 Å². The van der Waals surface area contributed by atoms with Gasteiger partial charge in [0.25, 0.3) is 5.91 Å². The smallest absolute Gasteiger partial charge is 0.257 e. The molecule has 1 aliphatic rings. The van der Waals surface area contributed by atoms with Crippen LogP contribution in [0, 0.1) is 17.2 Å². The first kappa shape index (κ1) is 19.8. The van der Waals surface area contributed by atoms with Crippen molar-refractivity contribution in [2.45, 2.75) is 26.2 Å². The highest BCUT2D eigenvalue weighted by atomic mass is 79.9. The fraction of sp³-hybridized carbons (Fsp3) is 0.316. The average molecular weight is 464 g/mol.